The van der Waals surface area contributed by atoms with E-state index >= 15 is 0 Å². The van der Waals surface area contributed by atoms with Crippen molar-refractivity contribution in [3.8, 4) is 11.3 Å². The van der Waals surface area contributed by atoms with Crippen LogP contribution in [0.15, 0.2) is 60.2 Å². The van der Waals surface area contributed by atoms with Crippen LogP contribution in [-0.4, -0.2) is 33.9 Å². The summed E-state index contributed by atoms with van der Waals surface area (Å²) < 4.78 is 0. The summed E-state index contributed by atoms with van der Waals surface area (Å²) in [4.78, 5) is 28.2. The molecule has 29 heavy (non-hydrogen) atoms. The van der Waals surface area contributed by atoms with E-state index in [1.165, 1.54) is 17.8 Å². The largest absolute Gasteiger partial charge is 0.356 e. The highest BCUT2D eigenvalue weighted by Gasteiger charge is 2.16. The molecule has 0 bridgehead atoms. The number of hydrogen-bond donors (Lipinski definition) is 1. The van der Waals surface area contributed by atoms with E-state index in [4.69, 9.17) is 4.98 Å². The van der Waals surface area contributed by atoms with Crippen LogP contribution in [0.1, 0.15) is 12.0 Å². The van der Waals surface area contributed by atoms with Gasteiger partial charge in [-0.3, -0.25) is 4.79 Å². The SMILES string of the molecule is O=C(Cc1cccc2ccc(-c3ccnc(N4CCC4)c3)nc12)Nc1nccs1. The maximum Gasteiger partial charge on any atom is 0.230 e. The zero-order chi connectivity index (χ0) is 19.6. The minimum absolute atomic E-state index is 0.0939. The molecule has 4 heterocycles. The number of thiazole rings is 1. The van der Waals surface area contributed by atoms with E-state index in [9.17, 15) is 4.79 Å². The Morgan fingerprint density at radius 2 is 2.03 bits per heavy atom. The molecule has 0 saturated carbocycles. The molecule has 0 atom stereocenters. The molecule has 0 aliphatic carbocycles. The number of aromatic nitrogens is 3. The Labute approximate surface area is 172 Å². The third kappa shape index (κ3) is 3.69. The number of para-hydroxylation sites is 1. The van der Waals surface area contributed by atoms with E-state index in [2.05, 4.69) is 32.3 Å². The van der Waals surface area contributed by atoms with Crippen LogP contribution in [0.5, 0.6) is 0 Å². The van der Waals surface area contributed by atoms with E-state index < -0.39 is 0 Å². The normalized spacial score (nSPS) is 13.3. The number of rotatable bonds is 5. The summed E-state index contributed by atoms with van der Waals surface area (Å²) in [5.74, 6) is 0.899. The molecule has 1 amide bonds. The Hall–Kier alpha value is -3.32. The van der Waals surface area contributed by atoms with Gasteiger partial charge in [-0.1, -0.05) is 24.3 Å². The van der Waals surface area contributed by atoms with Crippen LogP contribution in [-0.2, 0) is 11.2 Å². The molecule has 5 rings (SSSR count). The van der Waals surface area contributed by atoms with Crippen molar-refractivity contribution >= 4 is 39.1 Å². The Morgan fingerprint density at radius 1 is 1.10 bits per heavy atom. The van der Waals surface area contributed by atoms with Crippen LogP contribution in [0.2, 0.25) is 0 Å². The Kier molecular flexibility index (Phi) is 4.65. The van der Waals surface area contributed by atoms with Crippen molar-refractivity contribution < 1.29 is 4.79 Å². The predicted molar refractivity (Wildman–Crippen MR) is 116 cm³/mol. The van der Waals surface area contributed by atoms with Crippen LogP contribution in [0.4, 0.5) is 10.9 Å². The van der Waals surface area contributed by atoms with Gasteiger partial charge in [0.25, 0.3) is 0 Å². The molecule has 6 nitrogen and oxygen atoms in total. The molecule has 0 radical (unpaired) electrons. The van der Waals surface area contributed by atoms with Crippen molar-refractivity contribution in [3.63, 3.8) is 0 Å². The van der Waals surface area contributed by atoms with Crippen molar-refractivity contribution in [1.82, 2.24) is 15.0 Å². The van der Waals surface area contributed by atoms with Gasteiger partial charge in [0, 0.05) is 41.8 Å². The predicted octanol–water partition coefficient (Wildman–Crippen LogP) is 4.14. The number of carbonyl (C=O) groups excluding carboxylic acids is 1. The first-order valence-corrected chi connectivity index (χ1v) is 10.4. The maximum atomic E-state index is 12.5. The Balaban J connectivity index is 1.46. The van der Waals surface area contributed by atoms with Crippen molar-refractivity contribution in [3.05, 3.63) is 65.8 Å². The molecular weight excluding hydrogens is 382 g/mol. The lowest BCUT2D eigenvalue weighted by Gasteiger charge is -2.32. The maximum absolute atomic E-state index is 12.5. The first kappa shape index (κ1) is 17.8. The van der Waals surface area contributed by atoms with E-state index in [0.29, 0.717) is 5.13 Å². The fraction of sp³-hybridized carbons (Fsp3) is 0.182. The van der Waals surface area contributed by atoms with Gasteiger partial charge in [0.15, 0.2) is 5.13 Å². The third-order valence-electron chi connectivity index (χ3n) is 5.05. The number of nitrogens with zero attached hydrogens (tertiary/aromatic N) is 4. The molecule has 1 aliphatic heterocycles. The lowest BCUT2D eigenvalue weighted by atomic mass is 10.0. The van der Waals surface area contributed by atoms with E-state index in [0.717, 1.165) is 46.6 Å². The molecular formula is C22H19N5OS. The number of fused-ring (bicyclic) bond motifs is 1. The molecule has 1 aromatic carbocycles. The van der Waals surface area contributed by atoms with E-state index in [-0.39, 0.29) is 12.3 Å². The zero-order valence-electron chi connectivity index (χ0n) is 15.7. The van der Waals surface area contributed by atoms with E-state index in [1.54, 1.807) is 6.20 Å². The number of benzene rings is 1. The van der Waals surface area contributed by atoms with Gasteiger partial charge in [-0.25, -0.2) is 15.0 Å². The molecule has 1 aliphatic rings. The fourth-order valence-corrected chi connectivity index (χ4v) is 3.97. The van der Waals surface area contributed by atoms with Crippen molar-refractivity contribution in [2.45, 2.75) is 12.8 Å². The van der Waals surface area contributed by atoms with Gasteiger partial charge in [-0.15, -0.1) is 11.3 Å². The highest BCUT2D eigenvalue weighted by atomic mass is 32.1. The van der Waals surface area contributed by atoms with Gasteiger partial charge in [-0.05, 0) is 30.2 Å². The number of pyridine rings is 2. The molecule has 0 spiro atoms. The molecule has 7 heteroatoms. The van der Waals surface area contributed by atoms with Crippen molar-refractivity contribution in [1.29, 1.82) is 0 Å². The summed E-state index contributed by atoms with van der Waals surface area (Å²) >= 11 is 1.41. The quantitative estimate of drug-likeness (QED) is 0.544. The van der Waals surface area contributed by atoms with Crippen LogP contribution >= 0.6 is 11.3 Å². The lowest BCUT2D eigenvalue weighted by Crippen LogP contribution is -2.37. The van der Waals surface area contributed by atoms with Crippen molar-refractivity contribution in [2.75, 3.05) is 23.3 Å². The minimum atomic E-state index is -0.0939. The van der Waals surface area contributed by atoms with Gasteiger partial charge >= 0.3 is 0 Å². The van der Waals surface area contributed by atoms with Gasteiger partial charge in [0.2, 0.25) is 5.91 Å². The fourth-order valence-electron chi connectivity index (χ4n) is 3.43. The standard InChI is InChI=1S/C22H19N5OS/c28-20(26-22-24-9-12-29-22)14-17-4-1-3-15-5-6-18(25-21(15)17)16-7-8-23-19(13-16)27-10-2-11-27/h1,3-9,12-13H,2,10-11,14H2,(H,24,26,28). The number of hydrogen-bond acceptors (Lipinski definition) is 6. The number of nitrogens with one attached hydrogen (secondary N) is 1. The smallest absolute Gasteiger partial charge is 0.230 e. The summed E-state index contributed by atoms with van der Waals surface area (Å²) in [5, 5.41) is 6.31. The number of amides is 1. The highest BCUT2D eigenvalue weighted by molar-refractivity contribution is 7.13. The second kappa shape index (κ2) is 7.60. The van der Waals surface area contributed by atoms with Gasteiger partial charge in [0.05, 0.1) is 17.6 Å². The number of carbonyl (C=O) groups is 1. The summed E-state index contributed by atoms with van der Waals surface area (Å²) in [6, 6.07) is 14.1. The van der Waals surface area contributed by atoms with Crippen LogP contribution in [0, 0.1) is 0 Å². The molecule has 144 valence electrons. The molecule has 4 aromatic rings. The van der Waals surface area contributed by atoms with Gasteiger partial charge < -0.3 is 10.2 Å². The summed E-state index contributed by atoms with van der Waals surface area (Å²) in [6.07, 6.45) is 4.98. The van der Waals surface area contributed by atoms with E-state index in [1.807, 2.05) is 41.9 Å². The van der Waals surface area contributed by atoms with Gasteiger partial charge in [-0.2, -0.15) is 0 Å². The third-order valence-corrected chi connectivity index (χ3v) is 5.74. The van der Waals surface area contributed by atoms with Crippen LogP contribution in [0.3, 0.4) is 0 Å². The Bertz CT molecular complexity index is 1170. The second-order valence-electron chi connectivity index (χ2n) is 6.99. The highest BCUT2D eigenvalue weighted by Crippen LogP contribution is 2.27. The second-order valence-corrected chi connectivity index (χ2v) is 7.89. The molecule has 0 unspecified atom stereocenters. The molecule has 3 aromatic heterocycles. The minimum Gasteiger partial charge on any atom is -0.356 e. The summed E-state index contributed by atoms with van der Waals surface area (Å²) in [6.45, 7) is 2.11. The molecule has 1 saturated heterocycles. The van der Waals surface area contributed by atoms with Crippen LogP contribution in [0.25, 0.3) is 22.2 Å². The first-order chi connectivity index (χ1) is 14.3. The molecule has 1 N–H and O–H groups in total. The summed E-state index contributed by atoms with van der Waals surface area (Å²) in [5.41, 5.74) is 3.66. The average molecular weight is 401 g/mol. The summed E-state index contributed by atoms with van der Waals surface area (Å²) in [7, 11) is 0. The average Bonchev–Trinajstić information content (AvgIpc) is 3.20. The lowest BCUT2D eigenvalue weighted by molar-refractivity contribution is -0.115. The molecule has 1 fully saturated rings. The Morgan fingerprint density at radius 3 is 2.83 bits per heavy atom. The topological polar surface area (TPSA) is 71.0 Å². The van der Waals surface area contributed by atoms with Gasteiger partial charge in [0.1, 0.15) is 5.82 Å². The zero-order valence-corrected chi connectivity index (χ0v) is 16.5. The van der Waals surface area contributed by atoms with Crippen LogP contribution < -0.4 is 10.2 Å². The first-order valence-electron chi connectivity index (χ1n) is 9.56. The number of anilines is 2. The van der Waals surface area contributed by atoms with Crippen molar-refractivity contribution in [2.24, 2.45) is 0 Å². The monoisotopic (exact) mass is 401 g/mol.